The summed E-state index contributed by atoms with van der Waals surface area (Å²) in [6.07, 6.45) is 2.57. The molecule has 2 heterocycles. The van der Waals surface area contributed by atoms with E-state index in [9.17, 15) is 19.7 Å². The van der Waals surface area contributed by atoms with E-state index in [1.54, 1.807) is 17.0 Å². The second kappa shape index (κ2) is 9.63. The number of hydrogen-bond donors (Lipinski definition) is 0. The highest BCUT2D eigenvalue weighted by Crippen LogP contribution is 2.24. The first-order valence-corrected chi connectivity index (χ1v) is 11.1. The Morgan fingerprint density at radius 3 is 2.33 bits per heavy atom. The molecule has 5 aromatic rings. The first-order valence-electron chi connectivity index (χ1n) is 11.1. The van der Waals surface area contributed by atoms with Gasteiger partial charge in [0.25, 0.3) is 11.2 Å². The minimum atomic E-state index is -0.520. The Morgan fingerprint density at radius 1 is 0.944 bits per heavy atom. The Labute approximate surface area is 204 Å². The third kappa shape index (κ3) is 4.34. The molecule has 0 aliphatic rings. The van der Waals surface area contributed by atoms with Gasteiger partial charge < -0.3 is 4.90 Å². The van der Waals surface area contributed by atoms with Crippen molar-refractivity contribution >= 4 is 28.3 Å². The number of aromatic nitrogens is 4. The van der Waals surface area contributed by atoms with Crippen molar-refractivity contribution in [3.8, 4) is 5.69 Å². The number of hydrogen-bond acceptors (Lipinski definition) is 6. The third-order valence-electron chi connectivity index (χ3n) is 5.72. The molecule has 0 radical (unpaired) electrons. The van der Waals surface area contributed by atoms with E-state index in [1.807, 2.05) is 60.7 Å². The molecule has 0 N–H and O–H groups in total. The smallest absolute Gasteiger partial charge is 0.294 e. The molecule has 178 valence electrons. The van der Waals surface area contributed by atoms with Gasteiger partial charge in [-0.1, -0.05) is 60.7 Å². The highest BCUT2D eigenvalue weighted by atomic mass is 16.6. The summed E-state index contributed by atoms with van der Waals surface area (Å²) in [6.45, 7) is 0.101. The number of anilines is 1. The predicted octanol–water partition coefficient (Wildman–Crippen LogP) is 3.72. The minimum absolute atomic E-state index is 0.151. The molecular formula is C26H20N6O4. The number of para-hydroxylation sites is 3. The number of carbonyl (C=O) groups is 1. The van der Waals surface area contributed by atoms with Crippen molar-refractivity contribution in [2.24, 2.45) is 0 Å². The van der Waals surface area contributed by atoms with Gasteiger partial charge in [-0.2, -0.15) is 5.10 Å². The van der Waals surface area contributed by atoms with Crippen LogP contribution in [0.2, 0.25) is 0 Å². The normalized spacial score (nSPS) is 10.9. The van der Waals surface area contributed by atoms with Crippen LogP contribution in [0.3, 0.4) is 0 Å². The molecule has 0 aliphatic heterocycles. The molecular weight excluding hydrogens is 460 g/mol. The van der Waals surface area contributed by atoms with Crippen molar-refractivity contribution < 1.29 is 9.72 Å². The Balaban J connectivity index is 1.48. The van der Waals surface area contributed by atoms with Gasteiger partial charge in [0.15, 0.2) is 5.65 Å². The number of fused-ring (bicyclic) bond motifs is 1. The largest absolute Gasteiger partial charge is 0.306 e. The second-order valence-electron chi connectivity index (χ2n) is 8.02. The lowest BCUT2D eigenvalue weighted by Crippen LogP contribution is -2.36. The zero-order valence-electron chi connectivity index (χ0n) is 19.0. The second-order valence-corrected chi connectivity index (χ2v) is 8.02. The fraction of sp³-hybridized carbons (Fsp3) is 0.0769. The molecule has 5 rings (SSSR count). The van der Waals surface area contributed by atoms with Gasteiger partial charge in [0.05, 0.1) is 17.7 Å². The van der Waals surface area contributed by atoms with Gasteiger partial charge in [-0.05, 0) is 23.8 Å². The van der Waals surface area contributed by atoms with Gasteiger partial charge in [0, 0.05) is 11.8 Å². The summed E-state index contributed by atoms with van der Waals surface area (Å²) >= 11 is 0. The first-order chi connectivity index (χ1) is 17.5. The SMILES string of the molecule is O=C(Cn1cnc2c(cnn2-c2ccccc2[N+](=O)[O-])c1=O)N(Cc1ccccc1)c1ccccc1. The Kier molecular flexibility index (Phi) is 6.06. The van der Waals surface area contributed by atoms with Gasteiger partial charge in [-0.25, -0.2) is 9.67 Å². The summed E-state index contributed by atoms with van der Waals surface area (Å²) in [5, 5.41) is 15.8. The fourth-order valence-electron chi connectivity index (χ4n) is 3.96. The quantitative estimate of drug-likeness (QED) is 0.259. The summed E-state index contributed by atoms with van der Waals surface area (Å²) in [4.78, 5) is 43.5. The van der Waals surface area contributed by atoms with Crippen molar-refractivity contribution in [1.29, 1.82) is 0 Å². The predicted molar refractivity (Wildman–Crippen MR) is 134 cm³/mol. The van der Waals surface area contributed by atoms with Crippen LogP contribution in [-0.4, -0.2) is 30.2 Å². The number of nitro benzene ring substituents is 1. The van der Waals surface area contributed by atoms with Crippen LogP contribution in [0.5, 0.6) is 0 Å². The number of carbonyl (C=O) groups excluding carboxylic acids is 1. The topological polar surface area (TPSA) is 116 Å². The summed E-state index contributed by atoms with van der Waals surface area (Å²) < 4.78 is 2.48. The van der Waals surface area contributed by atoms with E-state index < -0.39 is 10.5 Å². The van der Waals surface area contributed by atoms with E-state index in [0.29, 0.717) is 12.2 Å². The van der Waals surface area contributed by atoms with E-state index in [0.717, 1.165) is 5.56 Å². The van der Waals surface area contributed by atoms with Crippen LogP contribution in [0.4, 0.5) is 11.4 Å². The van der Waals surface area contributed by atoms with Crippen molar-refractivity contribution in [3.05, 3.63) is 123 Å². The van der Waals surface area contributed by atoms with Crippen LogP contribution in [0.1, 0.15) is 5.56 Å². The zero-order valence-corrected chi connectivity index (χ0v) is 19.0. The molecule has 0 saturated carbocycles. The van der Waals surface area contributed by atoms with Gasteiger partial charge >= 0.3 is 0 Å². The first kappa shape index (κ1) is 22.7. The van der Waals surface area contributed by atoms with E-state index >= 15 is 0 Å². The highest BCUT2D eigenvalue weighted by molar-refractivity contribution is 5.93. The van der Waals surface area contributed by atoms with Crippen molar-refractivity contribution in [1.82, 2.24) is 19.3 Å². The standard InChI is InChI=1S/C26H20N6O4/c33-24(30(20-11-5-2-6-12-20)16-19-9-3-1-4-10-19)17-29-18-27-25-21(26(29)34)15-28-31(25)22-13-7-8-14-23(22)32(35)36/h1-15,18H,16-17H2. The van der Waals surface area contributed by atoms with Crippen LogP contribution in [0, 0.1) is 10.1 Å². The number of amides is 1. The summed E-state index contributed by atoms with van der Waals surface area (Å²) in [7, 11) is 0. The lowest BCUT2D eigenvalue weighted by Gasteiger charge is -2.23. The molecule has 0 fully saturated rings. The molecule has 0 bridgehead atoms. The maximum atomic E-state index is 13.4. The maximum Gasteiger partial charge on any atom is 0.294 e. The molecule has 0 spiro atoms. The van der Waals surface area contributed by atoms with Crippen LogP contribution >= 0.6 is 0 Å². The van der Waals surface area contributed by atoms with Crippen LogP contribution in [0.25, 0.3) is 16.7 Å². The fourth-order valence-corrected chi connectivity index (χ4v) is 3.96. The molecule has 2 aromatic heterocycles. The summed E-state index contributed by atoms with van der Waals surface area (Å²) in [5.74, 6) is -0.292. The molecule has 1 amide bonds. The number of benzene rings is 3. The molecule has 0 unspecified atom stereocenters. The number of rotatable bonds is 7. The average Bonchev–Trinajstić information content (AvgIpc) is 3.34. The molecule has 10 heteroatoms. The van der Waals surface area contributed by atoms with Crippen molar-refractivity contribution in [2.75, 3.05) is 4.90 Å². The minimum Gasteiger partial charge on any atom is -0.306 e. The van der Waals surface area contributed by atoms with Gasteiger partial charge in [-0.15, -0.1) is 0 Å². The van der Waals surface area contributed by atoms with Crippen LogP contribution in [-0.2, 0) is 17.9 Å². The van der Waals surface area contributed by atoms with E-state index in [-0.39, 0.29) is 34.9 Å². The number of nitro groups is 1. The van der Waals surface area contributed by atoms with Gasteiger partial charge in [-0.3, -0.25) is 24.3 Å². The molecule has 10 nitrogen and oxygen atoms in total. The highest BCUT2D eigenvalue weighted by Gasteiger charge is 2.21. The monoisotopic (exact) mass is 480 g/mol. The van der Waals surface area contributed by atoms with E-state index in [1.165, 1.54) is 33.9 Å². The van der Waals surface area contributed by atoms with E-state index in [4.69, 9.17) is 0 Å². The number of nitrogens with zero attached hydrogens (tertiary/aromatic N) is 6. The molecule has 0 saturated heterocycles. The van der Waals surface area contributed by atoms with Crippen molar-refractivity contribution in [3.63, 3.8) is 0 Å². The molecule has 0 aliphatic carbocycles. The molecule has 0 atom stereocenters. The molecule has 3 aromatic carbocycles. The summed E-state index contributed by atoms with van der Waals surface area (Å²) in [6, 6.07) is 24.9. The Bertz CT molecular complexity index is 1610. The van der Waals surface area contributed by atoms with Crippen LogP contribution in [0.15, 0.2) is 102 Å². The van der Waals surface area contributed by atoms with Crippen molar-refractivity contribution in [2.45, 2.75) is 13.1 Å². The Morgan fingerprint density at radius 2 is 1.61 bits per heavy atom. The third-order valence-corrected chi connectivity index (χ3v) is 5.72. The van der Waals surface area contributed by atoms with E-state index in [2.05, 4.69) is 10.1 Å². The molecule has 36 heavy (non-hydrogen) atoms. The Hall–Kier alpha value is -5.12. The summed E-state index contributed by atoms with van der Waals surface area (Å²) in [5.41, 5.74) is 1.38. The maximum absolute atomic E-state index is 13.4. The van der Waals surface area contributed by atoms with Gasteiger partial charge in [0.2, 0.25) is 5.91 Å². The van der Waals surface area contributed by atoms with Crippen LogP contribution < -0.4 is 10.5 Å². The lowest BCUT2D eigenvalue weighted by molar-refractivity contribution is -0.384. The van der Waals surface area contributed by atoms with Gasteiger partial charge in [0.1, 0.15) is 23.9 Å². The average molecular weight is 480 g/mol. The zero-order chi connectivity index (χ0) is 25.1. The lowest BCUT2D eigenvalue weighted by atomic mass is 10.2.